The van der Waals surface area contributed by atoms with Gasteiger partial charge in [-0.05, 0) is 35.7 Å². The van der Waals surface area contributed by atoms with Gasteiger partial charge in [-0.15, -0.1) is 0 Å². The molecule has 0 spiro atoms. The Morgan fingerprint density at radius 1 is 1.22 bits per heavy atom. The Hall–Kier alpha value is -2.00. The highest BCUT2D eigenvalue weighted by Gasteiger charge is 2.42. The van der Waals surface area contributed by atoms with Gasteiger partial charge in [-0.1, -0.05) is 29.8 Å². The Morgan fingerprint density at radius 3 is 3.04 bits per heavy atom. The van der Waals surface area contributed by atoms with E-state index in [4.69, 9.17) is 16.3 Å². The van der Waals surface area contributed by atoms with Gasteiger partial charge in [-0.2, -0.15) is 0 Å². The van der Waals surface area contributed by atoms with E-state index in [1.807, 2.05) is 18.2 Å². The standard InChI is InChI=1S/C19H17ClN2O/c20-16-4-2-1-3-13(16)12-9-14-15-11-21-6-5-17(15)22-7-8-23-18(10-12)19(14)22/h1-4,9-11,15,17H,5-8H2/t15?,17-/m0/s1. The topological polar surface area (TPSA) is 24.8 Å². The Kier molecular flexibility index (Phi) is 2.92. The number of ether oxygens (including phenoxy) is 1. The first kappa shape index (κ1) is 13.4. The van der Waals surface area contributed by atoms with Crippen molar-refractivity contribution in [3.05, 3.63) is 47.0 Å². The van der Waals surface area contributed by atoms with E-state index < -0.39 is 0 Å². The quantitative estimate of drug-likeness (QED) is 0.787. The van der Waals surface area contributed by atoms with E-state index >= 15 is 0 Å². The second-order valence-corrected chi connectivity index (χ2v) is 6.78. The van der Waals surface area contributed by atoms with Crippen molar-refractivity contribution in [1.82, 2.24) is 0 Å². The van der Waals surface area contributed by atoms with Crippen LogP contribution in [-0.4, -0.2) is 32.0 Å². The summed E-state index contributed by atoms with van der Waals surface area (Å²) in [4.78, 5) is 7.07. The molecule has 0 aliphatic carbocycles. The zero-order valence-corrected chi connectivity index (χ0v) is 13.5. The molecule has 0 saturated heterocycles. The molecular weight excluding hydrogens is 308 g/mol. The van der Waals surface area contributed by atoms with Crippen LogP contribution in [0.5, 0.6) is 5.75 Å². The van der Waals surface area contributed by atoms with E-state index in [2.05, 4.69) is 34.3 Å². The highest BCUT2D eigenvalue weighted by atomic mass is 35.5. The number of rotatable bonds is 1. The highest BCUT2D eigenvalue weighted by molar-refractivity contribution is 6.33. The summed E-state index contributed by atoms with van der Waals surface area (Å²) in [6.45, 7) is 2.65. The first-order valence-electron chi connectivity index (χ1n) is 8.15. The first-order chi connectivity index (χ1) is 11.3. The van der Waals surface area contributed by atoms with E-state index in [0.717, 1.165) is 48.0 Å². The van der Waals surface area contributed by atoms with Gasteiger partial charge in [-0.3, -0.25) is 4.99 Å². The van der Waals surface area contributed by atoms with Crippen molar-refractivity contribution >= 4 is 23.5 Å². The number of hydrogen-bond donors (Lipinski definition) is 0. The average Bonchev–Trinajstić information content (AvgIpc) is 2.92. The predicted octanol–water partition coefficient (Wildman–Crippen LogP) is 4.15. The van der Waals surface area contributed by atoms with Crippen molar-refractivity contribution in [2.24, 2.45) is 4.99 Å². The molecule has 1 unspecified atom stereocenters. The Labute approximate surface area is 140 Å². The number of halogens is 1. The third kappa shape index (κ3) is 1.93. The lowest BCUT2D eigenvalue weighted by atomic mass is 9.90. The zero-order chi connectivity index (χ0) is 15.4. The number of benzene rings is 2. The van der Waals surface area contributed by atoms with Gasteiger partial charge in [0.05, 0.1) is 12.2 Å². The lowest BCUT2D eigenvalue weighted by Crippen LogP contribution is -2.41. The van der Waals surface area contributed by atoms with Crippen LogP contribution in [0.3, 0.4) is 0 Å². The predicted molar refractivity (Wildman–Crippen MR) is 94.2 cm³/mol. The van der Waals surface area contributed by atoms with Crippen LogP contribution in [0.2, 0.25) is 5.02 Å². The number of nitrogens with zero attached hydrogens (tertiary/aromatic N) is 2. The Bertz CT molecular complexity index is 817. The van der Waals surface area contributed by atoms with E-state index in [0.29, 0.717) is 12.0 Å². The zero-order valence-electron chi connectivity index (χ0n) is 12.7. The largest absolute Gasteiger partial charge is 0.490 e. The number of anilines is 1. The van der Waals surface area contributed by atoms with Crippen molar-refractivity contribution < 1.29 is 4.74 Å². The molecular formula is C19H17ClN2O. The van der Waals surface area contributed by atoms with Crippen LogP contribution >= 0.6 is 11.6 Å². The molecule has 0 N–H and O–H groups in total. The van der Waals surface area contributed by atoms with E-state index in [-0.39, 0.29) is 0 Å². The van der Waals surface area contributed by atoms with E-state index in [1.165, 1.54) is 11.3 Å². The van der Waals surface area contributed by atoms with Gasteiger partial charge in [0.1, 0.15) is 12.4 Å². The number of hydrogen-bond acceptors (Lipinski definition) is 3. The number of fused-ring (bicyclic) bond motifs is 3. The maximum atomic E-state index is 6.41. The van der Waals surface area contributed by atoms with E-state index in [9.17, 15) is 0 Å². The minimum Gasteiger partial charge on any atom is -0.490 e. The molecule has 2 aromatic rings. The molecule has 116 valence electrons. The molecule has 5 rings (SSSR count). The molecule has 4 heteroatoms. The minimum atomic E-state index is 0.377. The lowest BCUT2D eigenvalue weighted by Gasteiger charge is -2.34. The summed E-state index contributed by atoms with van der Waals surface area (Å²) in [6, 6.07) is 13.0. The summed E-state index contributed by atoms with van der Waals surface area (Å²) in [5, 5.41) is 0.777. The van der Waals surface area contributed by atoms with Gasteiger partial charge in [0.15, 0.2) is 0 Å². The summed E-state index contributed by atoms with van der Waals surface area (Å²) >= 11 is 6.41. The summed E-state index contributed by atoms with van der Waals surface area (Å²) in [6.07, 6.45) is 3.26. The van der Waals surface area contributed by atoms with Crippen LogP contribution in [-0.2, 0) is 0 Å². The van der Waals surface area contributed by atoms with Crippen molar-refractivity contribution in [2.75, 3.05) is 24.6 Å². The van der Waals surface area contributed by atoms with Crippen molar-refractivity contribution in [3.63, 3.8) is 0 Å². The number of aliphatic imine (C=N–C) groups is 1. The molecule has 23 heavy (non-hydrogen) atoms. The fraction of sp³-hybridized carbons (Fsp3) is 0.316. The molecule has 3 aliphatic rings. The monoisotopic (exact) mass is 324 g/mol. The van der Waals surface area contributed by atoms with Gasteiger partial charge >= 0.3 is 0 Å². The van der Waals surface area contributed by atoms with Crippen LogP contribution in [0.4, 0.5) is 5.69 Å². The fourth-order valence-electron chi connectivity index (χ4n) is 4.16. The molecule has 3 heterocycles. The molecule has 3 nitrogen and oxygen atoms in total. The summed E-state index contributed by atoms with van der Waals surface area (Å²) in [5.74, 6) is 1.37. The molecule has 0 radical (unpaired) electrons. The third-order valence-corrected chi connectivity index (χ3v) is 5.49. The average molecular weight is 325 g/mol. The second kappa shape index (κ2) is 5.00. The van der Waals surface area contributed by atoms with Gasteiger partial charge in [-0.25, -0.2) is 0 Å². The van der Waals surface area contributed by atoms with Gasteiger partial charge in [0, 0.05) is 35.3 Å². The summed E-state index contributed by atoms with van der Waals surface area (Å²) in [5.41, 5.74) is 4.80. The molecule has 0 bridgehead atoms. The SMILES string of the molecule is Clc1ccccc1-c1cc2c3c(c1)C1C=NCC[C@@H]1N3CCO2. The molecule has 0 aromatic heterocycles. The van der Waals surface area contributed by atoms with Crippen LogP contribution in [0.15, 0.2) is 41.4 Å². The lowest BCUT2D eigenvalue weighted by molar-refractivity contribution is 0.302. The fourth-order valence-corrected chi connectivity index (χ4v) is 4.41. The minimum absolute atomic E-state index is 0.377. The van der Waals surface area contributed by atoms with Crippen molar-refractivity contribution in [1.29, 1.82) is 0 Å². The van der Waals surface area contributed by atoms with Gasteiger partial charge < -0.3 is 9.64 Å². The smallest absolute Gasteiger partial charge is 0.143 e. The third-order valence-electron chi connectivity index (χ3n) is 5.16. The molecule has 0 saturated carbocycles. The van der Waals surface area contributed by atoms with Gasteiger partial charge in [0.25, 0.3) is 0 Å². The normalized spacial score (nSPS) is 24.1. The Morgan fingerprint density at radius 2 is 2.13 bits per heavy atom. The van der Waals surface area contributed by atoms with Crippen molar-refractivity contribution in [2.45, 2.75) is 18.4 Å². The second-order valence-electron chi connectivity index (χ2n) is 6.37. The van der Waals surface area contributed by atoms with Crippen LogP contribution in [0.1, 0.15) is 17.9 Å². The van der Waals surface area contributed by atoms with E-state index in [1.54, 1.807) is 0 Å². The molecule has 2 aromatic carbocycles. The van der Waals surface area contributed by atoms with Crippen molar-refractivity contribution in [3.8, 4) is 16.9 Å². The van der Waals surface area contributed by atoms with Crippen LogP contribution < -0.4 is 9.64 Å². The molecule has 3 aliphatic heterocycles. The maximum Gasteiger partial charge on any atom is 0.143 e. The maximum absolute atomic E-state index is 6.41. The molecule has 0 fully saturated rings. The summed E-state index contributed by atoms with van der Waals surface area (Å²) < 4.78 is 5.99. The molecule has 2 atom stereocenters. The van der Waals surface area contributed by atoms with Crippen LogP contribution in [0.25, 0.3) is 11.1 Å². The summed E-state index contributed by atoms with van der Waals surface area (Å²) in [7, 11) is 0. The van der Waals surface area contributed by atoms with Crippen LogP contribution in [0, 0.1) is 0 Å². The Balaban J connectivity index is 1.73. The first-order valence-corrected chi connectivity index (χ1v) is 8.53. The highest BCUT2D eigenvalue weighted by Crippen LogP contribution is 2.51. The molecule has 0 amide bonds. The van der Waals surface area contributed by atoms with Gasteiger partial charge in [0.2, 0.25) is 0 Å².